The van der Waals surface area contributed by atoms with Crippen LogP contribution in [0.2, 0.25) is 0 Å². The van der Waals surface area contributed by atoms with Crippen LogP contribution in [0.4, 0.5) is 5.69 Å². The SMILES string of the molecule is CC1CCC(Nc2cccc3cc(Br)cnc23)C1. The standard InChI is InChI=1S/C15H17BrN2/c1-10-5-6-13(7-10)18-14-4-2-3-11-8-12(16)9-17-15(11)14/h2-4,8-10,13,18H,5-7H2,1H3. The monoisotopic (exact) mass is 304 g/mol. The van der Waals surface area contributed by atoms with E-state index in [2.05, 4.69) is 57.4 Å². The van der Waals surface area contributed by atoms with E-state index in [0.717, 1.165) is 15.9 Å². The number of nitrogens with one attached hydrogen (secondary N) is 1. The lowest BCUT2D eigenvalue weighted by atomic mass is 10.1. The second-order valence-electron chi connectivity index (χ2n) is 5.29. The molecule has 3 rings (SSSR count). The third-order valence-corrected chi connectivity index (χ3v) is 4.17. The van der Waals surface area contributed by atoms with Crippen LogP contribution in [0.5, 0.6) is 0 Å². The Balaban J connectivity index is 1.92. The minimum atomic E-state index is 0.607. The summed E-state index contributed by atoms with van der Waals surface area (Å²) in [5.41, 5.74) is 2.24. The van der Waals surface area contributed by atoms with Gasteiger partial charge in [-0.15, -0.1) is 0 Å². The topological polar surface area (TPSA) is 24.9 Å². The van der Waals surface area contributed by atoms with Crippen LogP contribution in [0.15, 0.2) is 34.9 Å². The van der Waals surface area contributed by atoms with Crippen LogP contribution in [0, 0.1) is 5.92 Å². The Morgan fingerprint density at radius 3 is 3.00 bits per heavy atom. The molecule has 0 bridgehead atoms. The maximum atomic E-state index is 4.53. The molecular formula is C15H17BrN2. The summed E-state index contributed by atoms with van der Waals surface area (Å²) in [5.74, 6) is 0.847. The van der Waals surface area contributed by atoms with E-state index in [1.807, 2.05) is 6.20 Å². The van der Waals surface area contributed by atoms with E-state index in [1.165, 1.54) is 30.3 Å². The highest BCUT2D eigenvalue weighted by Crippen LogP contribution is 2.30. The van der Waals surface area contributed by atoms with Crippen molar-refractivity contribution in [1.82, 2.24) is 4.98 Å². The highest BCUT2D eigenvalue weighted by Gasteiger charge is 2.21. The molecule has 94 valence electrons. The average Bonchev–Trinajstić information content (AvgIpc) is 2.75. The van der Waals surface area contributed by atoms with Gasteiger partial charge in [0.25, 0.3) is 0 Å². The Morgan fingerprint density at radius 1 is 1.33 bits per heavy atom. The molecule has 1 fully saturated rings. The third kappa shape index (κ3) is 2.37. The molecule has 0 aliphatic heterocycles. The van der Waals surface area contributed by atoms with Gasteiger partial charge in [-0.25, -0.2) is 0 Å². The second-order valence-corrected chi connectivity index (χ2v) is 6.21. The van der Waals surface area contributed by atoms with Crippen LogP contribution in [0.25, 0.3) is 10.9 Å². The average molecular weight is 305 g/mol. The predicted octanol–water partition coefficient (Wildman–Crippen LogP) is 4.60. The van der Waals surface area contributed by atoms with Crippen molar-refractivity contribution in [3.05, 3.63) is 34.9 Å². The fourth-order valence-electron chi connectivity index (χ4n) is 2.81. The van der Waals surface area contributed by atoms with Crippen LogP contribution in [0.1, 0.15) is 26.2 Å². The first-order chi connectivity index (χ1) is 8.72. The Bertz CT molecular complexity index is 567. The summed E-state index contributed by atoms with van der Waals surface area (Å²) in [5, 5.41) is 4.84. The molecule has 2 atom stereocenters. The van der Waals surface area contributed by atoms with Crippen LogP contribution < -0.4 is 5.32 Å². The fraction of sp³-hybridized carbons (Fsp3) is 0.400. The number of para-hydroxylation sites is 1. The smallest absolute Gasteiger partial charge is 0.0934 e. The van der Waals surface area contributed by atoms with Gasteiger partial charge in [0.2, 0.25) is 0 Å². The first-order valence-electron chi connectivity index (χ1n) is 6.53. The molecule has 1 saturated carbocycles. The Kier molecular flexibility index (Phi) is 3.25. The van der Waals surface area contributed by atoms with Crippen molar-refractivity contribution in [3.8, 4) is 0 Å². The van der Waals surface area contributed by atoms with Crippen molar-refractivity contribution in [2.75, 3.05) is 5.32 Å². The number of anilines is 1. The number of aromatic nitrogens is 1. The van der Waals surface area contributed by atoms with Crippen LogP contribution >= 0.6 is 15.9 Å². The van der Waals surface area contributed by atoms with Crippen molar-refractivity contribution in [2.24, 2.45) is 5.92 Å². The van der Waals surface area contributed by atoms with Gasteiger partial charge < -0.3 is 5.32 Å². The number of fused-ring (bicyclic) bond motifs is 1. The second kappa shape index (κ2) is 4.88. The van der Waals surface area contributed by atoms with Gasteiger partial charge in [0.15, 0.2) is 0 Å². The van der Waals surface area contributed by atoms with Crippen LogP contribution in [-0.4, -0.2) is 11.0 Å². The van der Waals surface area contributed by atoms with Crippen molar-refractivity contribution >= 4 is 32.5 Å². The summed E-state index contributed by atoms with van der Waals surface area (Å²) in [6, 6.07) is 9.06. The third-order valence-electron chi connectivity index (χ3n) is 3.73. The van der Waals surface area contributed by atoms with Gasteiger partial charge in [-0.3, -0.25) is 4.98 Å². The molecule has 2 unspecified atom stereocenters. The summed E-state index contributed by atoms with van der Waals surface area (Å²) < 4.78 is 1.03. The lowest BCUT2D eigenvalue weighted by Crippen LogP contribution is -2.15. The summed E-state index contributed by atoms with van der Waals surface area (Å²) in [6.45, 7) is 2.33. The Labute approximate surface area is 116 Å². The Morgan fingerprint density at radius 2 is 2.22 bits per heavy atom. The molecule has 0 radical (unpaired) electrons. The van der Waals surface area contributed by atoms with E-state index in [0.29, 0.717) is 6.04 Å². The zero-order chi connectivity index (χ0) is 12.5. The van der Waals surface area contributed by atoms with Crippen LogP contribution in [-0.2, 0) is 0 Å². The lowest BCUT2D eigenvalue weighted by Gasteiger charge is -2.15. The normalized spacial score (nSPS) is 23.4. The number of pyridine rings is 1. The quantitative estimate of drug-likeness (QED) is 0.877. The number of halogens is 1. The molecule has 0 amide bonds. The first kappa shape index (κ1) is 12.0. The van der Waals surface area contributed by atoms with Gasteiger partial charge in [0.05, 0.1) is 11.2 Å². The van der Waals surface area contributed by atoms with E-state index in [1.54, 1.807) is 0 Å². The number of hydrogen-bond acceptors (Lipinski definition) is 2. The van der Waals surface area contributed by atoms with Gasteiger partial charge in [-0.05, 0) is 53.2 Å². The molecule has 2 aromatic rings. The highest BCUT2D eigenvalue weighted by atomic mass is 79.9. The molecule has 0 spiro atoms. The fourth-order valence-corrected chi connectivity index (χ4v) is 3.16. The molecule has 1 N–H and O–H groups in total. The molecule has 0 saturated heterocycles. The zero-order valence-electron chi connectivity index (χ0n) is 10.5. The molecule has 1 aliphatic rings. The van der Waals surface area contributed by atoms with Crippen LogP contribution in [0.3, 0.4) is 0 Å². The Hall–Kier alpha value is -1.09. The zero-order valence-corrected chi connectivity index (χ0v) is 12.1. The molecule has 3 heteroatoms. The maximum Gasteiger partial charge on any atom is 0.0934 e. The van der Waals surface area contributed by atoms with E-state index in [4.69, 9.17) is 0 Å². The van der Waals surface area contributed by atoms with Crippen molar-refractivity contribution in [2.45, 2.75) is 32.2 Å². The number of hydrogen-bond donors (Lipinski definition) is 1. The molecule has 1 aromatic carbocycles. The van der Waals surface area contributed by atoms with E-state index >= 15 is 0 Å². The van der Waals surface area contributed by atoms with Gasteiger partial charge in [0, 0.05) is 22.1 Å². The molecule has 1 heterocycles. The van der Waals surface area contributed by atoms with E-state index < -0.39 is 0 Å². The number of rotatable bonds is 2. The minimum Gasteiger partial charge on any atom is -0.381 e. The van der Waals surface area contributed by atoms with Gasteiger partial charge in [-0.2, -0.15) is 0 Å². The summed E-state index contributed by atoms with van der Waals surface area (Å²) in [4.78, 5) is 4.53. The largest absolute Gasteiger partial charge is 0.381 e. The summed E-state index contributed by atoms with van der Waals surface area (Å²) in [6.07, 6.45) is 5.74. The van der Waals surface area contributed by atoms with Gasteiger partial charge in [0.1, 0.15) is 0 Å². The predicted molar refractivity (Wildman–Crippen MR) is 79.9 cm³/mol. The molecule has 18 heavy (non-hydrogen) atoms. The van der Waals surface area contributed by atoms with Crippen molar-refractivity contribution < 1.29 is 0 Å². The first-order valence-corrected chi connectivity index (χ1v) is 7.32. The number of benzene rings is 1. The van der Waals surface area contributed by atoms with Crippen molar-refractivity contribution in [3.63, 3.8) is 0 Å². The van der Waals surface area contributed by atoms with Gasteiger partial charge >= 0.3 is 0 Å². The lowest BCUT2D eigenvalue weighted by molar-refractivity contribution is 0.603. The van der Waals surface area contributed by atoms with E-state index in [9.17, 15) is 0 Å². The van der Waals surface area contributed by atoms with Gasteiger partial charge in [-0.1, -0.05) is 19.1 Å². The van der Waals surface area contributed by atoms with E-state index in [-0.39, 0.29) is 0 Å². The summed E-state index contributed by atoms with van der Waals surface area (Å²) >= 11 is 3.47. The van der Waals surface area contributed by atoms with Crippen molar-refractivity contribution in [1.29, 1.82) is 0 Å². The highest BCUT2D eigenvalue weighted by molar-refractivity contribution is 9.10. The molecule has 1 aliphatic carbocycles. The minimum absolute atomic E-state index is 0.607. The number of nitrogens with zero attached hydrogens (tertiary/aromatic N) is 1. The molecular weight excluding hydrogens is 288 g/mol. The molecule has 2 nitrogen and oxygen atoms in total. The maximum absolute atomic E-state index is 4.53. The molecule has 1 aromatic heterocycles. The summed E-state index contributed by atoms with van der Waals surface area (Å²) in [7, 11) is 0.